The molecular weight excluding hydrogens is 518 g/mol. The smallest absolute Gasteiger partial charge is 0.420 e. The number of methoxy groups -OCH3 is 1. The molecule has 13 heteroatoms. The van der Waals surface area contributed by atoms with Gasteiger partial charge in [-0.3, -0.25) is 9.79 Å². The molecule has 1 fully saturated rings. The number of benzene rings is 2. The van der Waals surface area contributed by atoms with Gasteiger partial charge in [0.1, 0.15) is 28.8 Å². The fraction of sp³-hybridized carbons (Fsp3) is 0.231. The zero-order chi connectivity index (χ0) is 28.2. The maximum atomic E-state index is 14.7. The summed E-state index contributed by atoms with van der Waals surface area (Å²) in [7, 11) is 1.11. The molecule has 0 atom stereocenters. The van der Waals surface area contributed by atoms with Crippen molar-refractivity contribution in [1.29, 1.82) is 0 Å². The Morgan fingerprint density at radius 3 is 2.59 bits per heavy atom. The molecule has 39 heavy (non-hydrogen) atoms. The Labute approximate surface area is 221 Å². The molecule has 2 aromatic rings. The van der Waals surface area contributed by atoms with Crippen LogP contribution in [0.5, 0.6) is 5.75 Å². The van der Waals surface area contributed by atoms with Gasteiger partial charge in [0.2, 0.25) is 5.96 Å². The van der Waals surface area contributed by atoms with Gasteiger partial charge >= 0.3 is 6.18 Å². The third-order valence-electron chi connectivity index (χ3n) is 5.89. The van der Waals surface area contributed by atoms with Gasteiger partial charge in [-0.15, -0.1) is 0 Å². The predicted octanol–water partition coefficient (Wildman–Crippen LogP) is 4.77. The average molecular weight is 544 g/mol. The van der Waals surface area contributed by atoms with Gasteiger partial charge in [0, 0.05) is 30.5 Å². The fourth-order valence-electron chi connectivity index (χ4n) is 4.00. The molecule has 9 nitrogen and oxygen atoms in total. The van der Waals surface area contributed by atoms with Gasteiger partial charge in [-0.25, -0.2) is 14.4 Å². The second-order valence-electron chi connectivity index (χ2n) is 8.51. The molecule has 204 valence electrons. The first kappa shape index (κ1) is 27.4. The Kier molecular flexibility index (Phi) is 7.98. The molecule has 4 N–H and O–H groups in total. The topological polar surface area (TPSA) is 117 Å². The van der Waals surface area contributed by atoms with Crippen LogP contribution in [0.25, 0.3) is 0 Å². The van der Waals surface area contributed by atoms with Crippen molar-refractivity contribution in [3.05, 3.63) is 77.6 Å². The molecule has 2 aliphatic rings. The zero-order valence-corrected chi connectivity index (χ0v) is 20.8. The van der Waals surface area contributed by atoms with Crippen LogP contribution in [-0.2, 0) is 6.18 Å². The number of rotatable bonds is 6. The highest BCUT2D eigenvalue weighted by atomic mass is 19.4. The lowest BCUT2D eigenvalue weighted by Gasteiger charge is -2.20. The van der Waals surface area contributed by atoms with E-state index in [2.05, 4.69) is 32.2 Å². The fourth-order valence-corrected chi connectivity index (χ4v) is 4.00. The second-order valence-corrected chi connectivity index (χ2v) is 8.51. The van der Waals surface area contributed by atoms with Crippen LogP contribution in [0.3, 0.4) is 0 Å². The van der Waals surface area contributed by atoms with Crippen LogP contribution < -0.4 is 21.1 Å². The molecule has 0 aromatic heterocycles. The lowest BCUT2D eigenvalue weighted by Crippen LogP contribution is -2.31. The number of nitrogens with zero attached hydrogens (tertiary/aromatic N) is 4. The molecule has 1 amide bonds. The number of likely N-dealkylation sites (tertiary alicyclic amines) is 1. The number of anilines is 2. The Bertz CT molecular complexity index is 1410. The molecule has 1 saturated heterocycles. The highest BCUT2D eigenvalue weighted by molar-refractivity contribution is 6.41. The first-order chi connectivity index (χ1) is 18.6. The number of amides is 1. The maximum absolute atomic E-state index is 14.7. The lowest BCUT2D eigenvalue weighted by molar-refractivity contribution is -0.138. The van der Waals surface area contributed by atoms with Crippen LogP contribution in [-0.4, -0.2) is 48.9 Å². The molecule has 4 rings (SSSR count). The van der Waals surface area contributed by atoms with E-state index in [1.54, 1.807) is 0 Å². The first-order valence-corrected chi connectivity index (χ1v) is 11.8. The van der Waals surface area contributed by atoms with Crippen molar-refractivity contribution in [2.24, 2.45) is 20.7 Å². The van der Waals surface area contributed by atoms with E-state index in [4.69, 9.17) is 10.5 Å². The van der Waals surface area contributed by atoms with Crippen molar-refractivity contribution in [3.63, 3.8) is 0 Å². The Balaban J connectivity index is 1.60. The number of ether oxygens (including phenoxy) is 1. The average Bonchev–Trinajstić information content (AvgIpc) is 3.45. The van der Waals surface area contributed by atoms with Gasteiger partial charge in [0.15, 0.2) is 0 Å². The van der Waals surface area contributed by atoms with E-state index in [9.17, 15) is 22.4 Å². The van der Waals surface area contributed by atoms with Crippen LogP contribution in [0.15, 0.2) is 75.7 Å². The van der Waals surface area contributed by atoms with Gasteiger partial charge in [-0.05, 0) is 49.2 Å². The molecule has 0 spiro atoms. The van der Waals surface area contributed by atoms with E-state index in [1.807, 2.05) is 4.90 Å². The number of halogens is 4. The number of nitrogens with one attached hydrogen (secondary N) is 2. The van der Waals surface area contributed by atoms with Gasteiger partial charge in [-0.1, -0.05) is 6.58 Å². The number of carbonyl (C=O) groups is 1. The molecule has 2 aliphatic heterocycles. The number of carbonyl (C=O) groups excluding carboxylic acids is 1. The molecule has 0 unspecified atom stereocenters. The summed E-state index contributed by atoms with van der Waals surface area (Å²) in [5, 5.41) is 5.10. The summed E-state index contributed by atoms with van der Waals surface area (Å²) >= 11 is 0. The summed E-state index contributed by atoms with van der Waals surface area (Å²) < 4.78 is 59.5. The summed E-state index contributed by atoms with van der Waals surface area (Å²) in [4.78, 5) is 27.8. The lowest BCUT2D eigenvalue weighted by atomic mass is 10.1. The number of allylic oxidation sites excluding steroid dienone is 1. The van der Waals surface area contributed by atoms with Crippen LogP contribution in [0.1, 0.15) is 28.8 Å². The van der Waals surface area contributed by atoms with E-state index < -0.39 is 23.5 Å². The number of nitrogens with two attached hydrogens (primary N) is 1. The Morgan fingerprint density at radius 1 is 1.18 bits per heavy atom. The normalized spacial score (nSPS) is 17.6. The van der Waals surface area contributed by atoms with E-state index in [1.165, 1.54) is 30.6 Å². The van der Waals surface area contributed by atoms with E-state index >= 15 is 0 Å². The summed E-state index contributed by atoms with van der Waals surface area (Å²) in [6, 6.07) is 6.51. The number of hydrogen-bond acceptors (Lipinski definition) is 8. The van der Waals surface area contributed by atoms with Crippen molar-refractivity contribution >= 4 is 35.2 Å². The molecule has 0 radical (unpaired) electrons. The van der Waals surface area contributed by atoms with Crippen molar-refractivity contribution in [3.8, 4) is 5.75 Å². The largest absolute Gasteiger partial charge is 0.496 e. The van der Waals surface area contributed by atoms with Crippen molar-refractivity contribution in [1.82, 2.24) is 4.90 Å². The highest BCUT2D eigenvalue weighted by Gasteiger charge is 2.34. The predicted molar refractivity (Wildman–Crippen MR) is 142 cm³/mol. The van der Waals surface area contributed by atoms with Crippen LogP contribution in [0.4, 0.5) is 28.9 Å². The molecule has 2 aromatic carbocycles. The van der Waals surface area contributed by atoms with E-state index in [0.29, 0.717) is 11.7 Å². The SMILES string of the molecule is C=C/N=C1/C=NC(N2CCCC2)=N/C1=C(/N)Nc1cc(C(=O)Nc2ccc(OC)c(C(F)(F)F)c2)ccc1F. The monoisotopic (exact) mass is 543 g/mol. The molecular formula is C26H25F4N7O2. The molecule has 0 saturated carbocycles. The summed E-state index contributed by atoms with van der Waals surface area (Å²) in [5.74, 6) is -1.49. The van der Waals surface area contributed by atoms with Crippen LogP contribution in [0, 0.1) is 5.82 Å². The quantitative estimate of drug-likeness (QED) is 0.454. The summed E-state index contributed by atoms with van der Waals surface area (Å²) in [6.45, 7) is 5.15. The molecule has 0 aliphatic carbocycles. The van der Waals surface area contributed by atoms with Gasteiger partial charge in [-0.2, -0.15) is 13.2 Å². The minimum atomic E-state index is -4.70. The van der Waals surface area contributed by atoms with Gasteiger partial charge in [0.25, 0.3) is 5.91 Å². The maximum Gasteiger partial charge on any atom is 0.420 e. The molecule has 2 heterocycles. The number of aliphatic imine (C=N–C) groups is 3. The summed E-state index contributed by atoms with van der Waals surface area (Å²) in [5.41, 5.74) is 5.39. The van der Waals surface area contributed by atoms with E-state index in [-0.39, 0.29) is 34.2 Å². The minimum Gasteiger partial charge on any atom is -0.496 e. The van der Waals surface area contributed by atoms with Gasteiger partial charge < -0.3 is 26.0 Å². The van der Waals surface area contributed by atoms with Crippen LogP contribution >= 0.6 is 0 Å². The second kappa shape index (κ2) is 11.4. The Morgan fingerprint density at radius 2 is 1.92 bits per heavy atom. The van der Waals surface area contributed by atoms with Gasteiger partial charge in [0.05, 0.1) is 24.6 Å². The van der Waals surface area contributed by atoms with Crippen LogP contribution in [0.2, 0.25) is 0 Å². The first-order valence-electron chi connectivity index (χ1n) is 11.8. The number of alkyl halides is 3. The highest BCUT2D eigenvalue weighted by Crippen LogP contribution is 2.37. The zero-order valence-electron chi connectivity index (χ0n) is 20.8. The van der Waals surface area contributed by atoms with Crippen molar-refractivity contribution < 1.29 is 27.1 Å². The minimum absolute atomic E-state index is 0.0347. The third kappa shape index (κ3) is 6.25. The van der Waals surface area contributed by atoms with E-state index in [0.717, 1.165) is 51.2 Å². The molecule has 0 bridgehead atoms. The Hall–Kier alpha value is -4.68. The third-order valence-corrected chi connectivity index (χ3v) is 5.89. The standard InChI is InChI=1S/C26H25F4N7O2/c1-3-32-20-14-33-25(37-10-4-5-11-37)36-22(20)23(31)35-19-12-15(6-8-18(19)27)24(38)34-16-7-9-21(39-2)17(13-16)26(28,29)30/h3,6-9,12-14,35H,1,4-5,10-11,31H2,2H3,(H,34,38)/b23-22-,32-20-. The summed E-state index contributed by atoms with van der Waals surface area (Å²) in [6.07, 6.45) is 0.0846. The number of guanidine groups is 1. The number of hydrogen-bond donors (Lipinski definition) is 3. The van der Waals surface area contributed by atoms with Crippen molar-refractivity contribution in [2.75, 3.05) is 30.8 Å². The van der Waals surface area contributed by atoms with Crippen molar-refractivity contribution in [2.45, 2.75) is 19.0 Å².